The minimum Gasteiger partial charge on any atom is -0.519 e. The van der Waals surface area contributed by atoms with E-state index in [0.717, 1.165) is 33.7 Å². The molecular weight excluding hydrogens is 651 g/mol. The van der Waals surface area contributed by atoms with Crippen LogP contribution in [0.25, 0.3) is 10.9 Å². The molecule has 0 aromatic heterocycles. The number of hydrogen-bond donors (Lipinski definition) is 0. The van der Waals surface area contributed by atoms with Gasteiger partial charge in [-0.1, -0.05) is 145 Å². The first kappa shape index (κ1) is 32.6. The zero-order valence-electron chi connectivity index (χ0n) is 21.4. The van der Waals surface area contributed by atoms with E-state index >= 15 is 0 Å². The molecule has 0 N–H and O–H groups in total. The number of thioether (sulfide) groups is 2. The summed E-state index contributed by atoms with van der Waals surface area (Å²) in [6.45, 7) is 0. The largest absolute Gasteiger partial charge is 0.519 e. The van der Waals surface area contributed by atoms with Crippen LogP contribution >= 0.6 is 23.5 Å². The zero-order valence-corrected chi connectivity index (χ0v) is 26.3. The van der Waals surface area contributed by atoms with E-state index < -0.39 is 0 Å². The molecule has 0 aliphatic carbocycles. The normalized spacial score (nSPS) is 9.49. The average Bonchev–Trinajstić information content (AvgIpc) is 2.99. The van der Waals surface area contributed by atoms with E-state index in [9.17, 15) is 0 Å². The predicted molar refractivity (Wildman–Crippen MR) is 178 cm³/mol. The van der Waals surface area contributed by atoms with Crippen LogP contribution in [-0.2, 0) is 44.9 Å². The van der Waals surface area contributed by atoms with Gasteiger partial charge in [-0.2, -0.15) is 0 Å². The fourth-order valence-electron chi connectivity index (χ4n) is 3.22. The van der Waals surface area contributed by atoms with E-state index in [1.807, 2.05) is 134 Å². The summed E-state index contributed by atoms with van der Waals surface area (Å²) in [5.74, 6) is 0. The van der Waals surface area contributed by atoms with E-state index in [4.69, 9.17) is 0 Å². The molecule has 0 radical (unpaired) electrons. The Morgan fingerprint density at radius 3 is 0.923 bits per heavy atom. The summed E-state index contributed by atoms with van der Waals surface area (Å²) in [4.78, 5) is 0. The molecule has 4 aromatic rings. The van der Waals surface area contributed by atoms with Gasteiger partial charge >= 0.3 is 0 Å². The number of thiol groups is 2. The van der Waals surface area contributed by atoms with Crippen LogP contribution in [0.3, 0.4) is 0 Å². The molecule has 0 saturated carbocycles. The summed E-state index contributed by atoms with van der Waals surface area (Å²) in [5.41, 5.74) is 14.1. The molecule has 0 unspecified atom stereocenters. The molecule has 0 aliphatic rings. The quantitative estimate of drug-likeness (QED) is 0.0547. The van der Waals surface area contributed by atoms with Crippen molar-refractivity contribution in [2.24, 2.45) is 10.2 Å². The maximum absolute atomic E-state index is 4.34. The maximum Gasteiger partial charge on any atom is 0.174 e. The Kier molecular flexibility index (Phi) is 15.5. The Labute approximate surface area is 263 Å². The van der Waals surface area contributed by atoms with Crippen molar-refractivity contribution in [1.29, 1.82) is 0 Å². The van der Waals surface area contributed by atoms with Crippen molar-refractivity contribution in [3.8, 4) is 0 Å². The molecule has 4 nitrogen and oxygen atoms in total. The van der Waals surface area contributed by atoms with Crippen LogP contribution in [0.15, 0.2) is 132 Å². The molecule has 9 heteroatoms. The SMILES string of the molecule is CSC(=[SH+])[N-]N=C(c1ccccc1)c1ccccc1.CSC(=[SH+])[N-]N=C(c1ccccc1)c1ccccc1.[Pd]. The molecule has 0 amide bonds. The molecule has 4 rings (SSSR count). The topological polar surface area (TPSA) is 52.9 Å². The number of benzene rings is 4. The second-order valence-corrected chi connectivity index (χ2v) is 10.6. The third-order valence-electron chi connectivity index (χ3n) is 5.03. The van der Waals surface area contributed by atoms with E-state index in [-0.39, 0.29) is 20.4 Å². The van der Waals surface area contributed by atoms with Gasteiger partial charge < -0.3 is 21.1 Å². The van der Waals surface area contributed by atoms with Crippen LogP contribution in [0.1, 0.15) is 22.3 Å². The summed E-state index contributed by atoms with van der Waals surface area (Å²) >= 11 is 11.4. The molecule has 0 atom stereocenters. The standard InChI is InChI=1S/2C15H14N2S2.Pd/c2*1-19-15(18)17-16-14(12-8-4-2-5-9-12)13-10-6-3-7-11-13;/h2*2-11H,1H3,(H,17,18);. The minimum atomic E-state index is 0. The van der Waals surface area contributed by atoms with Gasteiger partial charge in [0.2, 0.25) is 0 Å². The summed E-state index contributed by atoms with van der Waals surface area (Å²) in [7, 11) is 0. The van der Waals surface area contributed by atoms with Crippen LogP contribution in [0.2, 0.25) is 0 Å². The zero-order chi connectivity index (χ0) is 27.0. The molecule has 39 heavy (non-hydrogen) atoms. The fourth-order valence-corrected chi connectivity index (χ4v) is 3.55. The van der Waals surface area contributed by atoms with Crippen molar-refractivity contribution in [1.82, 2.24) is 0 Å². The summed E-state index contributed by atoms with van der Waals surface area (Å²) < 4.78 is 1.29. The second-order valence-electron chi connectivity index (χ2n) is 7.53. The first-order chi connectivity index (χ1) is 18.6. The number of rotatable bonds is 6. The van der Waals surface area contributed by atoms with Crippen molar-refractivity contribution in [2.45, 2.75) is 0 Å². The van der Waals surface area contributed by atoms with Crippen LogP contribution < -0.4 is 0 Å². The summed E-state index contributed by atoms with van der Waals surface area (Å²) in [5, 5.41) is 8.68. The Morgan fingerprint density at radius 1 is 0.487 bits per heavy atom. The van der Waals surface area contributed by atoms with E-state index in [1.165, 1.54) is 23.5 Å². The smallest absolute Gasteiger partial charge is 0.174 e. The first-order valence-electron chi connectivity index (χ1n) is 11.6. The molecule has 0 heterocycles. The number of hydrogen-bond acceptors (Lipinski definition) is 4. The van der Waals surface area contributed by atoms with Gasteiger partial charge in [0.1, 0.15) is 0 Å². The maximum atomic E-state index is 4.34. The second kappa shape index (κ2) is 18.6. The third-order valence-corrected chi connectivity index (χ3v) is 7.19. The third kappa shape index (κ3) is 11.2. The van der Waals surface area contributed by atoms with Crippen LogP contribution in [0.5, 0.6) is 0 Å². The molecule has 202 valence electrons. The molecule has 0 bridgehead atoms. The summed E-state index contributed by atoms with van der Waals surface area (Å²) in [6, 6.07) is 40.1. The Morgan fingerprint density at radius 2 is 0.718 bits per heavy atom. The van der Waals surface area contributed by atoms with E-state index in [0.29, 0.717) is 8.64 Å². The van der Waals surface area contributed by atoms with E-state index in [2.05, 4.69) is 45.5 Å². The monoisotopic (exact) mass is 678 g/mol. The van der Waals surface area contributed by atoms with Crippen molar-refractivity contribution < 1.29 is 20.4 Å². The fraction of sp³-hybridized carbons (Fsp3) is 0.0667. The molecular formula is C30H28N4PdS4. The predicted octanol–water partition coefficient (Wildman–Crippen LogP) is 7.08. The van der Waals surface area contributed by atoms with Gasteiger partial charge in [0.15, 0.2) is 33.1 Å². The van der Waals surface area contributed by atoms with Gasteiger partial charge in [-0.05, 0) is 34.8 Å². The summed E-state index contributed by atoms with van der Waals surface area (Å²) in [6.07, 6.45) is 3.85. The number of nitrogens with zero attached hydrogens (tertiary/aromatic N) is 4. The van der Waals surface area contributed by atoms with Crippen molar-refractivity contribution >= 4 is 68.0 Å². The molecule has 0 aliphatic heterocycles. The van der Waals surface area contributed by atoms with Crippen molar-refractivity contribution in [3.05, 3.63) is 154 Å². The minimum absolute atomic E-state index is 0. The molecule has 0 spiro atoms. The van der Waals surface area contributed by atoms with Crippen molar-refractivity contribution in [3.63, 3.8) is 0 Å². The van der Waals surface area contributed by atoms with Gasteiger partial charge in [-0.15, -0.1) is 0 Å². The van der Waals surface area contributed by atoms with Crippen LogP contribution in [0, 0.1) is 0 Å². The first-order valence-corrected chi connectivity index (χ1v) is 15.0. The van der Waals surface area contributed by atoms with Crippen molar-refractivity contribution in [2.75, 3.05) is 12.5 Å². The van der Waals surface area contributed by atoms with Gasteiger partial charge in [-0.25, -0.2) is 0 Å². The van der Waals surface area contributed by atoms with Crippen LogP contribution in [0.4, 0.5) is 0 Å². The van der Waals surface area contributed by atoms with Gasteiger partial charge in [-0.3, -0.25) is 0 Å². The van der Waals surface area contributed by atoms with Gasteiger partial charge in [0.25, 0.3) is 0 Å². The Balaban J connectivity index is 0.000000267. The van der Waals surface area contributed by atoms with E-state index in [1.54, 1.807) is 0 Å². The van der Waals surface area contributed by atoms with Crippen LogP contribution in [-0.4, -0.2) is 32.6 Å². The van der Waals surface area contributed by atoms with Gasteiger partial charge in [0.05, 0.1) is 11.4 Å². The van der Waals surface area contributed by atoms with Gasteiger partial charge in [0, 0.05) is 20.4 Å². The molecule has 0 saturated heterocycles. The molecule has 0 fully saturated rings. The average molecular weight is 679 g/mol. The Bertz CT molecular complexity index is 1160. The Hall–Kier alpha value is -2.64. The molecule has 4 aromatic carbocycles.